The Morgan fingerprint density at radius 1 is 1.29 bits per heavy atom. The summed E-state index contributed by atoms with van der Waals surface area (Å²) in [6.07, 6.45) is 1.20. The number of hydrogen-bond donors (Lipinski definition) is 0. The molecule has 0 bridgehead atoms. The lowest BCUT2D eigenvalue weighted by Gasteiger charge is -2.28. The Morgan fingerprint density at radius 3 is 2.35 bits per heavy atom. The Morgan fingerprint density at radius 2 is 1.88 bits per heavy atom. The van der Waals surface area contributed by atoms with Crippen LogP contribution in [0.3, 0.4) is 0 Å². The fraction of sp³-hybridized carbons (Fsp3) is 0.462. The molecule has 0 saturated carbocycles. The van der Waals surface area contributed by atoms with Crippen molar-refractivity contribution in [2.75, 3.05) is 7.11 Å². The molecular formula is C13H16Cl2O2. The van der Waals surface area contributed by atoms with E-state index in [2.05, 4.69) is 0 Å². The number of carbonyl (C=O) groups is 1. The molecule has 0 spiro atoms. The topological polar surface area (TPSA) is 26.3 Å². The summed E-state index contributed by atoms with van der Waals surface area (Å²) in [4.78, 5) is 12.5. The first-order chi connectivity index (χ1) is 8.02. The fourth-order valence-electron chi connectivity index (χ4n) is 1.88. The minimum absolute atomic E-state index is 0.113. The van der Waals surface area contributed by atoms with Gasteiger partial charge in [-0.25, -0.2) is 0 Å². The minimum Gasteiger partial charge on any atom is -0.370 e. The highest BCUT2D eigenvalue weighted by molar-refractivity contribution is 6.44. The molecule has 0 aromatic heterocycles. The number of ether oxygens (including phenoxy) is 1. The van der Waals surface area contributed by atoms with E-state index in [1.165, 1.54) is 0 Å². The van der Waals surface area contributed by atoms with Gasteiger partial charge in [-0.3, -0.25) is 4.79 Å². The molecule has 0 aliphatic heterocycles. The number of ketones is 1. The van der Waals surface area contributed by atoms with E-state index < -0.39 is 5.60 Å². The Kier molecular flexibility index (Phi) is 4.99. The summed E-state index contributed by atoms with van der Waals surface area (Å²) in [6.45, 7) is 3.84. The largest absolute Gasteiger partial charge is 0.370 e. The predicted octanol–water partition coefficient (Wildman–Crippen LogP) is 4.38. The first-order valence-corrected chi connectivity index (χ1v) is 6.32. The highest BCUT2D eigenvalue weighted by atomic mass is 35.5. The molecule has 0 radical (unpaired) electrons. The van der Waals surface area contributed by atoms with Crippen LogP contribution < -0.4 is 0 Å². The maximum Gasteiger partial charge on any atom is 0.196 e. The van der Waals surface area contributed by atoms with Crippen molar-refractivity contribution in [3.05, 3.63) is 33.8 Å². The van der Waals surface area contributed by atoms with Crippen molar-refractivity contribution in [1.29, 1.82) is 0 Å². The SMILES string of the molecule is CCC(CC)(OC)C(=O)c1cccc(Cl)c1Cl. The van der Waals surface area contributed by atoms with Crippen LogP contribution in [0.5, 0.6) is 0 Å². The Hall–Kier alpha value is -0.570. The molecule has 0 saturated heterocycles. The number of benzene rings is 1. The van der Waals surface area contributed by atoms with Crippen LogP contribution >= 0.6 is 23.2 Å². The molecule has 0 atom stereocenters. The van der Waals surface area contributed by atoms with Crippen LogP contribution in [-0.4, -0.2) is 18.5 Å². The quantitative estimate of drug-likeness (QED) is 0.745. The van der Waals surface area contributed by atoms with Gasteiger partial charge in [0.2, 0.25) is 0 Å². The van der Waals surface area contributed by atoms with E-state index >= 15 is 0 Å². The molecule has 0 amide bonds. The van der Waals surface area contributed by atoms with Gasteiger partial charge in [-0.2, -0.15) is 0 Å². The molecule has 0 aliphatic rings. The third-order valence-corrected chi connectivity index (χ3v) is 3.96. The normalized spacial score (nSPS) is 11.6. The van der Waals surface area contributed by atoms with E-state index in [1.807, 2.05) is 13.8 Å². The average molecular weight is 275 g/mol. The second-order valence-corrected chi connectivity index (χ2v) is 4.62. The van der Waals surface area contributed by atoms with E-state index in [-0.39, 0.29) is 5.78 Å². The molecule has 1 aromatic rings. The van der Waals surface area contributed by atoms with Gasteiger partial charge in [0, 0.05) is 12.7 Å². The second-order valence-electron chi connectivity index (χ2n) is 3.84. The molecule has 1 aromatic carbocycles. The predicted molar refractivity (Wildman–Crippen MR) is 71.1 cm³/mol. The molecular weight excluding hydrogens is 259 g/mol. The van der Waals surface area contributed by atoms with Gasteiger partial charge in [-0.15, -0.1) is 0 Å². The zero-order chi connectivity index (χ0) is 13.1. The maximum atomic E-state index is 12.5. The van der Waals surface area contributed by atoms with Crippen molar-refractivity contribution in [2.24, 2.45) is 0 Å². The van der Waals surface area contributed by atoms with E-state index in [0.717, 1.165) is 0 Å². The molecule has 4 heteroatoms. The summed E-state index contributed by atoms with van der Waals surface area (Å²) >= 11 is 12.0. The summed E-state index contributed by atoms with van der Waals surface area (Å²) in [6, 6.07) is 5.05. The molecule has 0 heterocycles. The van der Waals surface area contributed by atoms with Crippen LogP contribution in [0.25, 0.3) is 0 Å². The summed E-state index contributed by atoms with van der Waals surface area (Å²) in [5, 5.41) is 0.678. The van der Waals surface area contributed by atoms with E-state index in [9.17, 15) is 4.79 Å². The van der Waals surface area contributed by atoms with Crippen LogP contribution in [0, 0.1) is 0 Å². The Balaban J connectivity index is 3.24. The van der Waals surface area contributed by atoms with Gasteiger partial charge >= 0.3 is 0 Å². The molecule has 94 valence electrons. The van der Waals surface area contributed by atoms with E-state index in [0.29, 0.717) is 28.5 Å². The van der Waals surface area contributed by atoms with Gasteiger partial charge in [0.1, 0.15) is 5.60 Å². The highest BCUT2D eigenvalue weighted by Gasteiger charge is 2.36. The Bertz CT molecular complexity index is 404. The molecule has 1 rings (SSSR count). The Labute approximate surface area is 112 Å². The van der Waals surface area contributed by atoms with Crippen molar-refractivity contribution in [3.63, 3.8) is 0 Å². The minimum atomic E-state index is -0.811. The van der Waals surface area contributed by atoms with Crippen molar-refractivity contribution in [1.82, 2.24) is 0 Å². The second kappa shape index (κ2) is 5.85. The zero-order valence-corrected chi connectivity index (χ0v) is 11.7. The zero-order valence-electron chi connectivity index (χ0n) is 10.2. The standard InChI is InChI=1S/C13H16Cl2O2/c1-4-13(5-2,17-3)12(16)9-7-6-8-10(14)11(9)15/h6-8H,4-5H2,1-3H3. The summed E-state index contributed by atoms with van der Waals surface area (Å²) in [7, 11) is 1.54. The summed E-state index contributed by atoms with van der Waals surface area (Å²) in [5.41, 5.74) is -0.390. The number of halogens is 2. The van der Waals surface area contributed by atoms with Crippen LogP contribution in [0.4, 0.5) is 0 Å². The van der Waals surface area contributed by atoms with Gasteiger partial charge in [0.25, 0.3) is 0 Å². The molecule has 17 heavy (non-hydrogen) atoms. The number of carbonyl (C=O) groups excluding carboxylic acids is 1. The molecule has 0 aliphatic carbocycles. The first kappa shape index (κ1) is 14.5. The van der Waals surface area contributed by atoms with E-state index in [1.54, 1.807) is 25.3 Å². The highest BCUT2D eigenvalue weighted by Crippen LogP contribution is 2.32. The third kappa shape index (κ3) is 2.65. The van der Waals surface area contributed by atoms with Crippen molar-refractivity contribution in [2.45, 2.75) is 32.3 Å². The molecule has 0 fully saturated rings. The van der Waals surface area contributed by atoms with Gasteiger partial charge in [0.15, 0.2) is 5.78 Å². The van der Waals surface area contributed by atoms with Crippen LogP contribution in [0.1, 0.15) is 37.0 Å². The lowest BCUT2D eigenvalue weighted by atomic mass is 9.87. The summed E-state index contributed by atoms with van der Waals surface area (Å²) < 4.78 is 5.40. The summed E-state index contributed by atoms with van der Waals surface area (Å²) in [5.74, 6) is -0.113. The third-order valence-electron chi connectivity index (χ3n) is 3.14. The van der Waals surface area contributed by atoms with Crippen molar-refractivity contribution in [3.8, 4) is 0 Å². The number of methoxy groups -OCH3 is 1. The number of rotatable bonds is 5. The van der Waals surface area contributed by atoms with Gasteiger partial charge in [0.05, 0.1) is 10.0 Å². The van der Waals surface area contributed by atoms with Gasteiger partial charge in [-0.05, 0) is 25.0 Å². The molecule has 0 N–H and O–H groups in total. The smallest absolute Gasteiger partial charge is 0.196 e. The van der Waals surface area contributed by atoms with Crippen LogP contribution in [-0.2, 0) is 4.74 Å². The number of hydrogen-bond acceptors (Lipinski definition) is 2. The molecule has 0 unspecified atom stereocenters. The van der Waals surface area contributed by atoms with Gasteiger partial charge in [-0.1, -0.05) is 43.1 Å². The van der Waals surface area contributed by atoms with Gasteiger partial charge < -0.3 is 4.74 Å². The van der Waals surface area contributed by atoms with Crippen LogP contribution in [0.2, 0.25) is 10.0 Å². The molecule has 2 nitrogen and oxygen atoms in total. The maximum absolute atomic E-state index is 12.5. The fourth-order valence-corrected chi connectivity index (χ4v) is 2.26. The lowest BCUT2D eigenvalue weighted by Crippen LogP contribution is -2.39. The van der Waals surface area contributed by atoms with E-state index in [4.69, 9.17) is 27.9 Å². The monoisotopic (exact) mass is 274 g/mol. The lowest BCUT2D eigenvalue weighted by molar-refractivity contribution is -0.00260. The first-order valence-electron chi connectivity index (χ1n) is 5.56. The van der Waals surface area contributed by atoms with Crippen LogP contribution in [0.15, 0.2) is 18.2 Å². The van der Waals surface area contributed by atoms with Crippen molar-refractivity contribution < 1.29 is 9.53 Å². The number of Topliss-reactive ketones (excluding diaryl/α,β-unsaturated/α-hetero) is 1. The van der Waals surface area contributed by atoms with Crippen molar-refractivity contribution >= 4 is 29.0 Å². The average Bonchev–Trinajstić information content (AvgIpc) is 2.35.